The number of rotatable bonds is 5. The van der Waals surface area contributed by atoms with Gasteiger partial charge in [-0.05, 0) is 48.4 Å². The predicted octanol–water partition coefficient (Wildman–Crippen LogP) is 4.84. The first-order valence-corrected chi connectivity index (χ1v) is 13.2. The molecule has 180 valence electrons. The van der Waals surface area contributed by atoms with E-state index in [0.717, 1.165) is 72.7 Å². The molecule has 6 nitrogen and oxygen atoms in total. The van der Waals surface area contributed by atoms with Gasteiger partial charge >= 0.3 is 0 Å². The minimum atomic E-state index is 0.183. The van der Waals surface area contributed by atoms with Crippen molar-refractivity contribution in [3.05, 3.63) is 46.1 Å². The Kier molecular flexibility index (Phi) is 6.47. The standard InChI is InChI=1S/C27H34N4O2S/c1-17(2)25-28-26(24-21-10-5-18(3)15-22(21)34-27(24)29-25)31-13-11-30(12-14-31)23(32)16-19-6-8-20(33-4)9-7-19/h6-9,17-18H,5,10-16H2,1-4H3. The van der Waals surface area contributed by atoms with E-state index in [2.05, 4.69) is 25.7 Å². The Morgan fingerprint density at radius 3 is 2.56 bits per heavy atom. The Hall–Kier alpha value is -2.67. The molecule has 1 unspecified atom stereocenters. The highest BCUT2D eigenvalue weighted by Crippen LogP contribution is 2.41. The van der Waals surface area contributed by atoms with Crippen LogP contribution in [0.5, 0.6) is 5.75 Å². The smallest absolute Gasteiger partial charge is 0.227 e. The maximum atomic E-state index is 13.0. The number of nitrogens with zero attached hydrogens (tertiary/aromatic N) is 4. The number of anilines is 1. The number of ether oxygens (including phenoxy) is 1. The molecule has 0 radical (unpaired) electrons. The van der Waals surface area contributed by atoms with Gasteiger partial charge in [0.05, 0.1) is 18.9 Å². The molecule has 1 aliphatic heterocycles. The average Bonchev–Trinajstić information content (AvgIpc) is 3.21. The molecule has 1 fully saturated rings. The molecule has 3 aromatic rings. The summed E-state index contributed by atoms with van der Waals surface area (Å²) in [5, 5.41) is 1.27. The van der Waals surface area contributed by atoms with Crippen LogP contribution in [0.3, 0.4) is 0 Å². The first-order valence-electron chi connectivity index (χ1n) is 12.4. The third-order valence-corrected chi connectivity index (χ3v) is 8.26. The topological polar surface area (TPSA) is 58.6 Å². The number of aryl methyl sites for hydroxylation is 1. The number of hydrogen-bond donors (Lipinski definition) is 0. The number of methoxy groups -OCH3 is 1. The minimum absolute atomic E-state index is 0.183. The van der Waals surface area contributed by atoms with Crippen molar-refractivity contribution in [2.75, 3.05) is 38.2 Å². The van der Waals surface area contributed by atoms with Gasteiger partial charge in [-0.3, -0.25) is 4.79 Å². The number of piperazine rings is 1. The molecule has 1 saturated heterocycles. The van der Waals surface area contributed by atoms with Crippen molar-refractivity contribution in [3.63, 3.8) is 0 Å². The number of carbonyl (C=O) groups is 1. The van der Waals surface area contributed by atoms with Gasteiger partial charge in [0.25, 0.3) is 0 Å². The van der Waals surface area contributed by atoms with Crippen molar-refractivity contribution in [2.45, 2.75) is 52.4 Å². The zero-order valence-electron chi connectivity index (χ0n) is 20.6. The van der Waals surface area contributed by atoms with Crippen LogP contribution < -0.4 is 9.64 Å². The summed E-state index contributed by atoms with van der Waals surface area (Å²) in [5.41, 5.74) is 2.49. The van der Waals surface area contributed by atoms with Gasteiger partial charge in [-0.2, -0.15) is 0 Å². The lowest BCUT2D eigenvalue weighted by molar-refractivity contribution is -0.130. The van der Waals surface area contributed by atoms with Gasteiger partial charge in [0.2, 0.25) is 5.91 Å². The van der Waals surface area contributed by atoms with Crippen molar-refractivity contribution in [3.8, 4) is 5.75 Å². The van der Waals surface area contributed by atoms with Crippen LogP contribution >= 0.6 is 11.3 Å². The number of hydrogen-bond acceptors (Lipinski definition) is 6. The van der Waals surface area contributed by atoms with E-state index >= 15 is 0 Å². The van der Waals surface area contributed by atoms with Crippen LogP contribution in [0.4, 0.5) is 5.82 Å². The van der Waals surface area contributed by atoms with Crippen molar-refractivity contribution in [1.29, 1.82) is 0 Å². The van der Waals surface area contributed by atoms with E-state index in [0.29, 0.717) is 6.42 Å². The summed E-state index contributed by atoms with van der Waals surface area (Å²) in [4.78, 5) is 30.0. The summed E-state index contributed by atoms with van der Waals surface area (Å²) >= 11 is 1.87. The zero-order valence-corrected chi connectivity index (χ0v) is 21.5. The Labute approximate surface area is 206 Å². The van der Waals surface area contributed by atoms with Gasteiger partial charge < -0.3 is 14.5 Å². The normalized spacial score (nSPS) is 18.4. The van der Waals surface area contributed by atoms with Crippen LogP contribution in [0.25, 0.3) is 10.2 Å². The highest BCUT2D eigenvalue weighted by atomic mass is 32.1. The average molecular weight is 479 g/mol. The molecule has 0 spiro atoms. The lowest BCUT2D eigenvalue weighted by atomic mass is 9.89. The number of benzene rings is 1. The van der Waals surface area contributed by atoms with E-state index in [4.69, 9.17) is 14.7 Å². The quantitative estimate of drug-likeness (QED) is 0.525. The number of fused-ring (bicyclic) bond motifs is 3. The van der Waals surface area contributed by atoms with Gasteiger partial charge in [-0.15, -0.1) is 11.3 Å². The number of thiophene rings is 1. The van der Waals surface area contributed by atoms with Gasteiger partial charge in [0.1, 0.15) is 22.2 Å². The van der Waals surface area contributed by atoms with Crippen LogP contribution in [0, 0.1) is 5.92 Å². The third-order valence-electron chi connectivity index (χ3n) is 7.12. The Balaban J connectivity index is 1.35. The number of aromatic nitrogens is 2. The van der Waals surface area contributed by atoms with Gasteiger partial charge in [0, 0.05) is 37.0 Å². The van der Waals surface area contributed by atoms with Crippen molar-refractivity contribution in [2.24, 2.45) is 5.92 Å². The van der Waals surface area contributed by atoms with Crippen LogP contribution in [0.1, 0.15) is 54.9 Å². The van der Waals surface area contributed by atoms with E-state index in [-0.39, 0.29) is 11.8 Å². The molecule has 34 heavy (non-hydrogen) atoms. The fourth-order valence-electron chi connectivity index (χ4n) is 5.02. The monoisotopic (exact) mass is 478 g/mol. The van der Waals surface area contributed by atoms with Crippen LogP contribution in [0.15, 0.2) is 24.3 Å². The Bertz CT molecular complexity index is 1180. The molecular formula is C27H34N4O2S. The molecular weight excluding hydrogens is 444 g/mol. The predicted molar refractivity (Wildman–Crippen MR) is 138 cm³/mol. The summed E-state index contributed by atoms with van der Waals surface area (Å²) in [6.07, 6.45) is 3.93. The fraction of sp³-hybridized carbons (Fsp3) is 0.519. The highest BCUT2D eigenvalue weighted by molar-refractivity contribution is 7.19. The second kappa shape index (κ2) is 9.53. The first-order chi connectivity index (χ1) is 16.4. The van der Waals surface area contributed by atoms with Crippen molar-refractivity contribution < 1.29 is 9.53 Å². The van der Waals surface area contributed by atoms with Crippen molar-refractivity contribution in [1.82, 2.24) is 14.9 Å². The molecule has 5 rings (SSSR count). The lowest BCUT2D eigenvalue weighted by Gasteiger charge is -2.36. The zero-order chi connectivity index (χ0) is 23.8. The molecule has 0 saturated carbocycles. The Morgan fingerprint density at radius 1 is 1.15 bits per heavy atom. The molecule has 0 bridgehead atoms. The number of amides is 1. The summed E-state index contributed by atoms with van der Waals surface area (Å²) in [6.45, 7) is 9.73. The van der Waals surface area contributed by atoms with Crippen LogP contribution in [-0.4, -0.2) is 54.1 Å². The molecule has 1 atom stereocenters. The second-order valence-electron chi connectivity index (χ2n) is 9.98. The maximum Gasteiger partial charge on any atom is 0.227 e. The van der Waals surface area contributed by atoms with E-state index in [1.54, 1.807) is 7.11 Å². The summed E-state index contributed by atoms with van der Waals surface area (Å²) in [7, 11) is 1.65. The first kappa shape index (κ1) is 23.1. The van der Waals surface area contributed by atoms with Gasteiger partial charge in [-0.1, -0.05) is 32.9 Å². The summed E-state index contributed by atoms with van der Waals surface area (Å²) in [5.74, 6) is 4.03. The highest BCUT2D eigenvalue weighted by Gasteiger charge is 2.29. The third kappa shape index (κ3) is 4.50. The van der Waals surface area contributed by atoms with E-state index < -0.39 is 0 Å². The molecule has 2 aromatic heterocycles. The fourth-order valence-corrected chi connectivity index (χ4v) is 6.41. The van der Waals surface area contributed by atoms with E-state index in [1.165, 1.54) is 22.2 Å². The van der Waals surface area contributed by atoms with Crippen molar-refractivity contribution >= 4 is 33.3 Å². The SMILES string of the molecule is COc1ccc(CC(=O)N2CCN(c3nc(C(C)C)nc4sc5c(c34)CCC(C)C5)CC2)cc1. The molecule has 3 heterocycles. The molecule has 1 aromatic carbocycles. The van der Waals surface area contributed by atoms with E-state index in [1.807, 2.05) is 40.5 Å². The maximum absolute atomic E-state index is 13.0. The molecule has 1 amide bonds. The minimum Gasteiger partial charge on any atom is -0.497 e. The summed E-state index contributed by atoms with van der Waals surface area (Å²) in [6, 6.07) is 7.77. The van der Waals surface area contributed by atoms with E-state index in [9.17, 15) is 4.79 Å². The number of carbonyl (C=O) groups excluding carboxylic acids is 1. The lowest BCUT2D eigenvalue weighted by Crippen LogP contribution is -2.49. The van der Waals surface area contributed by atoms with Crippen LogP contribution in [0.2, 0.25) is 0 Å². The van der Waals surface area contributed by atoms with Gasteiger partial charge in [0.15, 0.2) is 0 Å². The largest absolute Gasteiger partial charge is 0.497 e. The summed E-state index contributed by atoms with van der Waals surface area (Å²) < 4.78 is 5.22. The Morgan fingerprint density at radius 2 is 1.88 bits per heavy atom. The molecule has 1 aliphatic carbocycles. The van der Waals surface area contributed by atoms with Gasteiger partial charge in [-0.25, -0.2) is 9.97 Å². The molecule has 0 N–H and O–H groups in total. The molecule has 2 aliphatic rings. The molecule has 7 heteroatoms. The second-order valence-corrected chi connectivity index (χ2v) is 11.1. The van der Waals surface area contributed by atoms with Crippen LogP contribution in [-0.2, 0) is 24.1 Å².